The van der Waals surface area contributed by atoms with E-state index < -0.39 is 10.0 Å². The number of ether oxygens (including phenoxy) is 1. The van der Waals surface area contributed by atoms with Crippen LogP contribution in [0.2, 0.25) is 0 Å². The van der Waals surface area contributed by atoms with Crippen LogP contribution in [-0.2, 0) is 16.4 Å². The van der Waals surface area contributed by atoms with E-state index in [4.69, 9.17) is 10.00 Å². The van der Waals surface area contributed by atoms with Gasteiger partial charge < -0.3 is 4.74 Å². The SMILES string of the molecule is CCOc1ccccc1CCNS(=O)(=O)c1ccccc1C#N. The maximum absolute atomic E-state index is 12.3. The van der Waals surface area contributed by atoms with Crippen molar-refractivity contribution in [2.75, 3.05) is 13.2 Å². The molecule has 2 aromatic carbocycles. The lowest BCUT2D eigenvalue weighted by atomic mass is 10.1. The quantitative estimate of drug-likeness (QED) is 0.846. The third-order valence-corrected chi connectivity index (χ3v) is 4.78. The van der Waals surface area contributed by atoms with Gasteiger partial charge in [-0.3, -0.25) is 0 Å². The molecule has 0 saturated heterocycles. The second-order valence-corrected chi connectivity index (χ2v) is 6.53. The minimum Gasteiger partial charge on any atom is -0.494 e. The lowest BCUT2D eigenvalue weighted by Gasteiger charge is -2.11. The Bertz CT molecular complexity index is 811. The van der Waals surface area contributed by atoms with Crippen molar-refractivity contribution in [3.63, 3.8) is 0 Å². The molecule has 2 aromatic rings. The normalized spacial score (nSPS) is 11.0. The molecule has 6 heteroatoms. The van der Waals surface area contributed by atoms with Crippen LogP contribution in [0.5, 0.6) is 5.75 Å². The van der Waals surface area contributed by atoms with Gasteiger partial charge in [0.1, 0.15) is 11.8 Å². The summed E-state index contributed by atoms with van der Waals surface area (Å²) < 4.78 is 32.7. The molecule has 0 fully saturated rings. The van der Waals surface area contributed by atoms with Crippen molar-refractivity contribution in [3.8, 4) is 11.8 Å². The number of para-hydroxylation sites is 1. The second kappa shape index (κ2) is 7.77. The fourth-order valence-electron chi connectivity index (χ4n) is 2.20. The van der Waals surface area contributed by atoms with E-state index in [-0.39, 0.29) is 17.0 Å². The van der Waals surface area contributed by atoms with Crippen molar-refractivity contribution in [2.45, 2.75) is 18.2 Å². The van der Waals surface area contributed by atoms with Crippen LogP contribution in [0.15, 0.2) is 53.4 Å². The summed E-state index contributed by atoms with van der Waals surface area (Å²) in [6.07, 6.45) is 0.504. The van der Waals surface area contributed by atoms with E-state index in [0.717, 1.165) is 11.3 Å². The highest BCUT2D eigenvalue weighted by Gasteiger charge is 2.17. The van der Waals surface area contributed by atoms with E-state index in [1.165, 1.54) is 12.1 Å². The fourth-order valence-corrected chi connectivity index (χ4v) is 3.39. The van der Waals surface area contributed by atoms with Crippen LogP contribution in [0.1, 0.15) is 18.1 Å². The zero-order chi connectivity index (χ0) is 16.7. The highest BCUT2D eigenvalue weighted by Crippen LogP contribution is 2.19. The van der Waals surface area contributed by atoms with E-state index in [0.29, 0.717) is 13.0 Å². The van der Waals surface area contributed by atoms with Crippen molar-refractivity contribution >= 4 is 10.0 Å². The monoisotopic (exact) mass is 330 g/mol. The molecular weight excluding hydrogens is 312 g/mol. The number of nitrogens with one attached hydrogen (secondary N) is 1. The smallest absolute Gasteiger partial charge is 0.241 e. The Balaban J connectivity index is 2.08. The van der Waals surface area contributed by atoms with Gasteiger partial charge in [-0.05, 0) is 37.1 Å². The number of hydrogen-bond acceptors (Lipinski definition) is 4. The van der Waals surface area contributed by atoms with Gasteiger partial charge in [-0.25, -0.2) is 13.1 Å². The number of nitrogens with zero attached hydrogens (tertiary/aromatic N) is 1. The summed E-state index contributed by atoms with van der Waals surface area (Å²) in [5, 5.41) is 9.02. The Kier molecular flexibility index (Phi) is 5.74. The molecule has 1 N–H and O–H groups in total. The van der Waals surface area contributed by atoms with Crippen LogP contribution in [-0.4, -0.2) is 21.6 Å². The summed E-state index contributed by atoms with van der Waals surface area (Å²) in [6, 6.07) is 15.6. The summed E-state index contributed by atoms with van der Waals surface area (Å²) >= 11 is 0. The third kappa shape index (κ3) is 4.31. The number of hydrogen-bond donors (Lipinski definition) is 1. The van der Waals surface area contributed by atoms with Crippen LogP contribution in [0.3, 0.4) is 0 Å². The molecule has 2 rings (SSSR count). The molecule has 0 heterocycles. The third-order valence-electron chi connectivity index (χ3n) is 3.26. The summed E-state index contributed by atoms with van der Waals surface area (Å²) in [5.41, 5.74) is 1.07. The minimum atomic E-state index is -3.71. The fraction of sp³-hybridized carbons (Fsp3) is 0.235. The molecule has 0 atom stereocenters. The number of rotatable bonds is 7. The minimum absolute atomic E-state index is 0.000549. The van der Waals surface area contributed by atoms with Gasteiger partial charge in [-0.15, -0.1) is 0 Å². The Hall–Kier alpha value is -2.36. The Labute approximate surface area is 136 Å². The molecule has 0 spiro atoms. The van der Waals surface area contributed by atoms with E-state index >= 15 is 0 Å². The van der Waals surface area contributed by atoms with Crippen molar-refractivity contribution in [3.05, 3.63) is 59.7 Å². The molecule has 0 saturated carbocycles. The molecule has 0 aromatic heterocycles. The van der Waals surface area contributed by atoms with Gasteiger partial charge >= 0.3 is 0 Å². The zero-order valence-corrected chi connectivity index (χ0v) is 13.6. The van der Waals surface area contributed by atoms with Gasteiger partial charge in [0.05, 0.1) is 17.1 Å². The molecule has 0 amide bonds. The second-order valence-electron chi connectivity index (χ2n) is 4.80. The van der Waals surface area contributed by atoms with Gasteiger partial charge in [-0.2, -0.15) is 5.26 Å². The van der Waals surface area contributed by atoms with Crippen molar-refractivity contribution < 1.29 is 13.2 Å². The maximum atomic E-state index is 12.3. The highest BCUT2D eigenvalue weighted by molar-refractivity contribution is 7.89. The highest BCUT2D eigenvalue weighted by atomic mass is 32.2. The molecular formula is C17H18N2O3S. The van der Waals surface area contributed by atoms with Crippen LogP contribution in [0.25, 0.3) is 0 Å². The van der Waals surface area contributed by atoms with E-state index in [1.54, 1.807) is 12.1 Å². The first-order chi connectivity index (χ1) is 11.1. The molecule has 0 bridgehead atoms. The summed E-state index contributed by atoms with van der Waals surface area (Å²) in [7, 11) is -3.71. The molecule has 23 heavy (non-hydrogen) atoms. The van der Waals surface area contributed by atoms with Gasteiger partial charge in [-0.1, -0.05) is 30.3 Å². The van der Waals surface area contributed by atoms with Gasteiger partial charge in [0.2, 0.25) is 10.0 Å². The summed E-state index contributed by atoms with van der Waals surface area (Å²) in [5.74, 6) is 0.756. The predicted octanol–water partition coefficient (Wildman–Crippen LogP) is 2.48. The largest absolute Gasteiger partial charge is 0.494 e. The molecule has 0 unspecified atom stereocenters. The van der Waals surface area contributed by atoms with Gasteiger partial charge in [0, 0.05) is 6.54 Å². The zero-order valence-electron chi connectivity index (χ0n) is 12.8. The van der Waals surface area contributed by atoms with Crippen molar-refractivity contribution in [2.24, 2.45) is 0 Å². The Morgan fingerprint density at radius 2 is 1.83 bits per heavy atom. The standard InChI is InChI=1S/C17H18N2O3S/c1-2-22-16-9-5-3-7-14(16)11-12-19-23(20,21)17-10-6-4-8-15(17)13-18/h3-10,19H,2,11-12H2,1H3. The average molecular weight is 330 g/mol. The molecule has 0 radical (unpaired) electrons. The first-order valence-electron chi connectivity index (χ1n) is 7.28. The molecule has 0 aliphatic heterocycles. The van der Waals surface area contributed by atoms with Crippen LogP contribution >= 0.6 is 0 Å². The molecule has 0 aliphatic rings. The number of benzene rings is 2. The molecule has 0 aliphatic carbocycles. The van der Waals surface area contributed by atoms with Crippen LogP contribution < -0.4 is 9.46 Å². The van der Waals surface area contributed by atoms with Gasteiger partial charge in [0.15, 0.2) is 0 Å². The summed E-state index contributed by atoms with van der Waals surface area (Å²) in [6.45, 7) is 2.68. The molecule has 120 valence electrons. The topological polar surface area (TPSA) is 79.2 Å². The predicted molar refractivity (Wildman–Crippen MR) is 87.7 cm³/mol. The molecule has 5 nitrogen and oxygen atoms in total. The number of nitriles is 1. The van der Waals surface area contributed by atoms with E-state index in [9.17, 15) is 8.42 Å². The maximum Gasteiger partial charge on any atom is 0.241 e. The lowest BCUT2D eigenvalue weighted by molar-refractivity contribution is 0.336. The van der Waals surface area contributed by atoms with E-state index in [1.807, 2.05) is 37.3 Å². The van der Waals surface area contributed by atoms with Crippen LogP contribution in [0.4, 0.5) is 0 Å². The first-order valence-corrected chi connectivity index (χ1v) is 8.76. The average Bonchev–Trinajstić information content (AvgIpc) is 2.56. The summed E-state index contributed by atoms with van der Waals surface area (Å²) in [4.78, 5) is 0.000549. The van der Waals surface area contributed by atoms with E-state index in [2.05, 4.69) is 4.72 Å². The Morgan fingerprint density at radius 3 is 2.57 bits per heavy atom. The number of sulfonamides is 1. The van der Waals surface area contributed by atoms with Crippen molar-refractivity contribution in [1.82, 2.24) is 4.72 Å². The Morgan fingerprint density at radius 1 is 1.13 bits per heavy atom. The lowest BCUT2D eigenvalue weighted by Crippen LogP contribution is -2.26. The van der Waals surface area contributed by atoms with Crippen LogP contribution in [0, 0.1) is 11.3 Å². The van der Waals surface area contributed by atoms with Crippen molar-refractivity contribution in [1.29, 1.82) is 5.26 Å². The van der Waals surface area contributed by atoms with Gasteiger partial charge in [0.25, 0.3) is 0 Å². The first kappa shape index (κ1) is 17.0.